The van der Waals surface area contributed by atoms with Crippen LogP contribution in [0.15, 0.2) is 66.3 Å². The van der Waals surface area contributed by atoms with Gasteiger partial charge in [-0.1, -0.05) is 60.2 Å². The first kappa shape index (κ1) is 18.2. The lowest BCUT2D eigenvalue weighted by Crippen LogP contribution is -2.10. The van der Waals surface area contributed by atoms with Crippen LogP contribution in [-0.4, -0.2) is 0 Å². The summed E-state index contributed by atoms with van der Waals surface area (Å²) in [5.41, 5.74) is 11.4. The fourth-order valence-electron chi connectivity index (χ4n) is 5.07. The number of fused-ring (bicyclic) bond motifs is 4. The van der Waals surface area contributed by atoms with Crippen LogP contribution >= 0.6 is 0 Å². The number of anilines is 1. The van der Waals surface area contributed by atoms with Crippen LogP contribution in [0.25, 0.3) is 16.3 Å². The summed E-state index contributed by atoms with van der Waals surface area (Å²) in [6, 6.07) is 18.5. The van der Waals surface area contributed by atoms with Gasteiger partial charge in [-0.25, -0.2) is 0 Å². The molecule has 0 saturated carbocycles. The third kappa shape index (κ3) is 3.19. The highest BCUT2D eigenvalue weighted by Gasteiger charge is 2.21. The minimum atomic E-state index is 0.269. The topological polar surface area (TPSA) is 12.0 Å². The Morgan fingerprint density at radius 1 is 0.897 bits per heavy atom. The first-order valence-electron chi connectivity index (χ1n) is 10.9. The van der Waals surface area contributed by atoms with Gasteiger partial charge in [0.1, 0.15) is 0 Å². The first-order valence-corrected chi connectivity index (χ1v) is 10.9. The number of nitrogens with one attached hydrogen (secondary N) is 1. The minimum absolute atomic E-state index is 0.269. The van der Waals surface area contributed by atoms with Crippen LogP contribution in [0, 0.1) is 13.8 Å². The van der Waals surface area contributed by atoms with E-state index in [2.05, 4.69) is 86.8 Å². The van der Waals surface area contributed by atoms with E-state index >= 15 is 0 Å². The Labute approximate surface area is 174 Å². The molecule has 0 amide bonds. The van der Waals surface area contributed by atoms with Gasteiger partial charge in [-0.2, -0.15) is 0 Å². The Morgan fingerprint density at radius 3 is 2.55 bits per heavy atom. The van der Waals surface area contributed by atoms with Gasteiger partial charge in [0, 0.05) is 11.7 Å². The summed E-state index contributed by atoms with van der Waals surface area (Å²) in [6.07, 6.45) is 9.53. The predicted octanol–water partition coefficient (Wildman–Crippen LogP) is 7.68. The molecule has 29 heavy (non-hydrogen) atoms. The quantitative estimate of drug-likeness (QED) is 0.492. The van der Waals surface area contributed by atoms with Gasteiger partial charge >= 0.3 is 0 Å². The summed E-state index contributed by atoms with van der Waals surface area (Å²) in [6.45, 7) is 6.62. The van der Waals surface area contributed by atoms with Gasteiger partial charge in [-0.05, 0) is 96.7 Å². The highest BCUT2D eigenvalue weighted by molar-refractivity contribution is 5.94. The van der Waals surface area contributed by atoms with Crippen molar-refractivity contribution in [2.24, 2.45) is 0 Å². The molecule has 0 saturated heterocycles. The molecule has 1 atom stereocenters. The Bertz CT molecular complexity index is 1140. The van der Waals surface area contributed by atoms with Gasteiger partial charge in [-0.3, -0.25) is 0 Å². The van der Waals surface area contributed by atoms with Crippen molar-refractivity contribution in [1.82, 2.24) is 0 Å². The summed E-state index contributed by atoms with van der Waals surface area (Å²) >= 11 is 0. The van der Waals surface area contributed by atoms with Crippen molar-refractivity contribution in [3.05, 3.63) is 94.1 Å². The van der Waals surface area contributed by atoms with Crippen molar-refractivity contribution in [1.29, 1.82) is 0 Å². The molecule has 3 aromatic rings. The van der Waals surface area contributed by atoms with E-state index in [-0.39, 0.29) is 6.04 Å². The summed E-state index contributed by atoms with van der Waals surface area (Å²) < 4.78 is 0. The largest absolute Gasteiger partial charge is 0.378 e. The number of allylic oxidation sites excluding steroid dienone is 4. The molecule has 3 aromatic carbocycles. The van der Waals surface area contributed by atoms with Gasteiger partial charge < -0.3 is 5.32 Å². The third-order valence-corrected chi connectivity index (χ3v) is 6.74. The molecule has 0 bridgehead atoms. The first-order chi connectivity index (χ1) is 14.1. The van der Waals surface area contributed by atoms with Crippen LogP contribution in [0.3, 0.4) is 0 Å². The van der Waals surface area contributed by atoms with Crippen LogP contribution in [-0.2, 0) is 6.42 Å². The average molecular weight is 380 g/mol. The van der Waals surface area contributed by atoms with E-state index < -0.39 is 0 Å². The van der Waals surface area contributed by atoms with Crippen molar-refractivity contribution in [3.8, 4) is 0 Å². The molecule has 0 spiro atoms. The maximum Gasteiger partial charge on any atom is 0.0486 e. The number of aryl methyl sites for hydroxylation is 3. The smallest absolute Gasteiger partial charge is 0.0486 e. The fraction of sp³-hybridized carbons (Fsp3) is 0.286. The van der Waals surface area contributed by atoms with Gasteiger partial charge in [0.25, 0.3) is 0 Å². The molecule has 1 N–H and O–H groups in total. The number of para-hydroxylation sites is 1. The SMILES string of the molecule is Cc1cccc(C)c1NC(C)c1ccc2c3c(ccc2c1)C1=C(CCC=C1)CC3. The third-order valence-electron chi connectivity index (χ3n) is 6.74. The normalized spacial score (nSPS) is 16.5. The number of hydrogen-bond acceptors (Lipinski definition) is 1. The molecule has 0 radical (unpaired) electrons. The number of hydrogen-bond donors (Lipinski definition) is 1. The summed E-state index contributed by atoms with van der Waals surface area (Å²) in [5, 5.41) is 6.53. The lowest BCUT2D eigenvalue weighted by atomic mass is 9.79. The lowest BCUT2D eigenvalue weighted by Gasteiger charge is -2.26. The van der Waals surface area contributed by atoms with Crippen molar-refractivity contribution < 1.29 is 0 Å². The van der Waals surface area contributed by atoms with E-state index in [0.29, 0.717) is 0 Å². The maximum absolute atomic E-state index is 3.74. The van der Waals surface area contributed by atoms with Gasteiger partial charge in [0.15, 0.2) is 0 Å². The van der Waals surface area contributed by atoms with Crippen molar-refractivity contribution >= 4 is 22.0 Å². The second-order valence-corrected chi connectivity index (χ2v) is 8.66. The van der Waals surface area contributed by atoms with E-state index in [1.54, 1.807) is 5.57 Å². The zero-order valence-corrected chi connectivity index (χ0v) is 17.7. The molecule has 146 valence electrons. The Hall–Kier alpha value is -2.80. The number of rotatable bonds is 3. The van der Waals surface area contributed by atoms with Gasteiger partial charge in [0.05, 0.1) is 0 Å². The Kier molecular flexibility index (Phi) is 4.54. The molecule has 1 unspecified atom stereocenters. The summed E-state index contributed by atoms with van der Waals surface area (Å²) in [5.74, 6) is 0. The minimum Gasteiger partial charge on any atom is -0.378 e. The molecule has 0 aliphatic heterocycles. The molecule has 0 aromatic heterocycles. The van der Waals surface area contributed by atoms with Crippen molar-refractivity contribution in [3.63, 3.8) is 0 Å². The molecule has 2 aliphatic rings. The summed E-state index contributed by atoms with van der Waals surface area (Å²) in [7, 11) is 0. The van der Waals surface area contributed by atoms with Crippen LogP contribution in [0.1, 0.15) is 60.0 Å². The van der Waals surface area contributed by atoms with E-state index in [0.717, 1.165) is 0 Å². The molecule has 2 aliphatic carbocycles. The van der Waals surface area contributed by atoms with Crippen molar-refractivity contribution in [2.75, 3.05) is 5.32 Å². The molecule has 0 heterocycles. The van der Waals surface area contributed by atoms with Gasteiger partial charge in [-0.15, -0.1) is 0 Å². The molecule has 1 nitrogen and oxygen atoms in total. The van der Waals surface area contributed by atoms with E-state index in [1.165, 1.54) is 75.5 Å². The Balaban J connectivity index is 1.50. The second-order valence-electron chi connectivity index (χ2n) is 8.66. The van der Waals surface area contributed by atoms with Gasteiger partial charge in [0.2, 0.25) is 0 Å². The van der Waals surface area contributed by atoms with Crippen LogP contribution in [0.4, 0.5) is 5.69 Å². The fourth-order valence-corrected chi connectivity index (χ4v) is 5.07. The standard InChI is InChI=1S/C28H29N/c1-18-7-6-8-19(2)28(18)29-20(3)22-12-14-25-23(17-22)13-16-26-24-10-5-4-9-21(24)11-15-27(25)26/h5-8,10,12-14,16-17,20,29H,4,9,11,15H2,1-3H3. The molecule has 0 fully saturated rings. The van der Waals surface area contributed by atoms with E-state index in [1.807, 2.05) is 0 Å². The molecule has 1 heteroatoms. The van der Waals surface area contributed by atoms with E-state index in [4.69, 9.17) is 0 Å². The Morgan fingerprint density at radius 2 is 1.72 bits per heavy atom. The molecule has 5 rings (SSSR count). The highest BCUT2D eigenvalue weighted by Crippen LogP contribution is 2.40. The average Bonchev–Trinajstić information content (AvgIpc) is 2.75. The monoisotopic (exact) mass is 379 g/mol. The van der Waals surface area contributed by atoms with Crippen LogP contribution in [0.2, 0.25) is 0 Å². The lowest BCUT2D eigenvalue weighted by molar-refractivity contribution is 0.831. The second kappa shape index (κ2) is 7.22. The maximum atomic E-state index is 3.74. The zero-order chi connectivity index (χ0) is 20.0. The highest BCUT2D eigenvalue weighted by atomic mass is 14.9. The molecular weight excluding hydrogens is 350 g/mol. The van der Waals surface area contributed by atoms with E-state index in [9.17, 15) is 0 Å². The molecular formula is C28H29N. The zero-order valence-electron chi connectivity index (χ0n) is 17.7. The van der Waals surface area contributed by atoms with Crippen LogP contribution < -0.4 is 5.32 Å². The summed E-state index contributed by atoms with van der Waals surface area (Å²) in [4.78, 5) is 0. The number of benzene rings is 3. The predicted molar refractivity (Wildman–Crippen MR) is 126 cm³/mol. The van der Waals surface area contributed by atoms with Crippen LogP contribution in [0.5, 0.6) is 0 Å². The van der Waals surface area contributed by atoms with Crippen molar-refractivity contribution in [2.45, 2.75) is 52.5 Å².